The second-order valence-corrected chi connectivity index (χ2v) is 4.78. The molecule has 0 aromatic rings. The van der Waals surface area contributed by atoms with Gasteiger partial charge in [-0.05, 0) is 0 Å². The molecule has 0 atom stereocenters. The highest BCUT2D eigenvalue weighted by Gasteiger charge is 2.07. The summed E-state index contributed by atoms with van der Waals surface area (Å²) in [5.74, 6) is -0.650. The number of hydrogen-bond acceptors (Lipinski definition) is 4. The van der Waals surface area contributed by atoms with Crippen LogP contribution in [-0.4, -0.2) is 41.9 Å². The van der Waals surface area contributed by atoms with Crippen LogP contribution in [0.5, 0.6) is 0 Å². The topological polar surface area (TPSA) is 95.5 Å². The van der Waals surface area contributed by atoms with Gasteiger partial charge in [-0.25, -0.2) is 0 Å². The number of ketones is 1. The molecule has 112 valence electrons. The third-order valence-electron chi connectivity index (χ3n) is 2.01. The zero-order valence-corrected chi connectivity index (χ0v) is 12.4. The van der Waals surface area contributed by atoms with Crippen LogP contribution in [0.4, 0.5) is 0 Å². The highest BCUT2D eigenvalue weighted by Crippen LogP contribution is 1.96. The van der Waals surface area contributed by atoms with Crippen molar-refractivity contribution in [2.75, 3.05) is 13.1 Å². The maximum atomic E-state index is 11.2. The van der Waals surface area contributed by atoms with Crippen LogP contribution in [0.2, 0.25) is 0 Å². The predicted octanol–water partition coefficient (Wildman–Crippen LogP) is 0.807. The second kappa shape index (κ2) is 11.6. The van der Waals surface area contributed by atoms with Gasteiger partial charge in [0.2, 0.25) is 5.91 Å². The molecule has 0 heterocycles. The number of rotatable bonds is 7. The lowest BCUT2D eigenvalue weighted by molar-refractivity contribution is -0.134. The molecule has 0 aromatic carbocycles. The highest BCUT2D eigenvalue weighted by molar-refractivity contribution is 5.82. The number of carbonyl (C=O) groups is 3. The van der Waals surface area contributed by atoms with E-state index >= 15 is 0 Å². The van der Waals surface area contributed by atoms with Crippen LogP contribution in [0.25, 0.3) is 0 Å². The van der Waals surface area contributed by atoms with E-state index in [1.807, 2.05) is 27.7 Å². The molecule has 19 heavy (non-hydrogen) atoms. The normalized spacial score (nSPS) is 9.84. The molecule has 1 amide bonds. The van der Waals surface area contributed by atoms with Crippen LogP contribution in [-0.2, 0) is 14.4 Å². The molecule has 0 aliphatic rings. The Labute approximate surface area is 115 Å². The fourth-order valence-electron chi connectivity index (χ4n) is 0.973. The number of aliphatic carboxylic acids is 1. The Morgan fingerprint density at radius 3 is 1.95 bits per heavy atom. The first-order valence-electron chi connectivity index (χ1n) is 6.39. The molecule has 0 unspecified atom stereocenters. The first-order valence-corrected chi connectivity index (χ1v) is 6.39. The monoisotopic (exact) mass is 274 g/mol. The Balaban J connectivity index is 0. The number of carboxylic acids is 1. The summed E-state index contributed by atoms with van der Waals surface area (Å²) in [5, 5.41) is 13.1. The highest BCUT2D eigenvalue weighted by atomic mass is 16.4. The molecule has 0 aliphatic heterocycles. The summed E-state index contributed by atoms with van der Waals surface area (Å²) in [7, 11) is 0. The van der Waals surface area contributed by atoms with Crippen molar-refractivity contribution in [1.82, 2.24) is 10.6 Å². The van der Waals surface area contributed by atoms with E-state index in [4.69, 9.17) is 9.90 Å². The summed E-state index contributed by atoms with van der Waals surface area (Å²) in [5.41, 5.74) is 0. The van der Waals surface area contributed by atoms with Crippen LogP contribution in [0, 0.1) is 5.92 Å². The smallest absolute Gasteiger partial charge is 0.300 e. The zero-order valence-electron chi connectivity index (χ0n) is 12.4. The number of carboxylic acid groups (broad SMARTS) is 1. The van der Waals surface area contributed by atoms with E-state index in [9.17, 15) is 9.59 Å². The van der Waals surface area contributed by atoms with E-state index in [0.29, 0.717) is 25.6 Å². The minimum atomic E-state index is -0.833. The van der Waals surface area contributed by atoms with Crippen LogP contribution in [0.3, 0.4) is 0 Å². The van der Waals surface area contributed by atoms with Gasteiger partial charge in [0.05, 0.1) is 6.54 Å². The van der Waals surface area contributed by atoms with Gasteiger partial charge in [0.1, 0.15) is 5.78 Å². The van der Waals surface area contributed by atoms with Gasteiger partial charge in [-0.3, -0.25) is 14.4 Å². The lowest BCUT2D eigenvalue weighted by Gasteiger charge is -2.09. The van der Waals surface area contributed by atoms with Gasteiger partial charge in [-0.1, -0.05) is 27.7 Å². The van der Waals surface area contributed by atoms with Crippen molar-refractivity contribution in [3.05, 3.63) is 0 Å². The van der Waals surface area contributed by atoms with Crippen LogP contribution >= 0.6 is 0 Å². The Morgan fingerprint density at radius 2 is 1.58 bits per heavy atom. The van der Waals surface area contributed by atoms with Gasteiger partial charge in [-0.2, -0.15) is 0 Å². The van der Waals surface area contributed by atoms with E-state index in [1.54, 1.807) is 0 Å². The SMILES string of the molecule is CC(=O)O.CC(C)NCC(=O)NCCC(=O)C(C)C. The molecule has 0 radical (unpaired) electrons. The molecule has 0 saturated carbocycles. The first kappa shape index (κ1) is 19.9. The maximum Gasteiger partial charge on any atom is 0.300 e. The lowest BCUT2D eigenvalue weighted by atomic mass is 10.1. The van der Waals surface area contributed by atoms with E-state index < -0.39 is 5.97 Å². The van der Waals surface area contributed by atoms with Crippen molar-refractivity contribution in [1.29, 1.82) is 0 Å². The molecule has 0 bridgehead atoms. The number of hydrogen-bond donors (Lipinski definition) is 3. The van der Waals surface area contributed by atoms with Crippen molar-refractivity contribution in [3.63, 3.8) is 0 Å². The van der Waals surface area contributed by atoms with Gasteiger partial charge in [-0.15, -0.1) is 0 Å². The number of nitrogens with one attached hydrogen (secondary N) is 2. The van der Waals surface area contributed by atoms with Crippen molar-refractivity contribution in [2.45, 2.75) is 47.1 Å². The van der Waals surface area contributed by atoms with Crippen molar-refractivity contribution in [2.24, 2.45) is 5.92 Å². The molecule has 0 spiro atoms. The van der Waals surface area contributed by atoms with Gasteiger partial charge in [0.25, 0.3) is 5.97 Å². The molecular weight excluding hydrogens is 248 g/mol. The van der Waals surface area contributed by atoms with Gasteiger partial charge < -0.3 is 15.7 Å². The molecule has 0 aliphatic carbocycles. The Bertz CT molecular complexity index is 284. The van der Waals surface area contributed by atoms with Crippen molar-refractivity contribution < 1.29 is 19.5 Å². The fraction of sp³-hybridized carbons (Fsp3) is 0.769. The molecule has 0 fully saturated rings. The molecular formula is C13H26N2O4. The molecule has 0 aromatic heterocycles. The van der Waals surface area contributed by atoms with Crippen LogP contribution in [0.1, 0.15) is 41.0 Å². The number of amides is 1. The summed E-state index contributed by atoms with van der Waals surface area (Å²) < 4.78 is 0. The fourth-order valence-corrected chi connectivity index (χ4v) is 0.973. The first-order chi connectivity index (χ1) is 8.66. The molecule has 0 saturated heterocycles. The molecule has 6 heteroatoms. The third kappa shape index (κ3) is 19.1. The summed E-state index contributed by atoms with van der Waals surface area (Å²) in [6.07, 6.45) is 0.422. The summed E-state index contributed by atoms with van der Waals surface area (Å²) in [6, 6.07) is 0.299. The van der Waals surface area contributed by atoms with E-state index in [-0.39, 0.29) is 17.6 Å². The minimum absolute atomic E-state index is 0.0516. The third-order valence-corrected chi connectivity index (χ3v) is 2.01. The van der Waals surface area contributed by atoms with E-state index in [0.717, 1.165) is 6.92 Å². The van der Waals surface area contributed by atoms with Gasteiger partial charge in [0.15, 0.2) is 0 Å². The summed E-state index contributed by atoms with van der Waals surface area (Å²) >= 11 is 0. The van der Waals surface area contributed by atoms with Gasteiger partial charge >= 0.3 is 0 Å². The quantitative estimate of drug-likeness (QED) is 0.638. The standard InChI is InChI=1S/C11H22N2O2.C2H4O2/c1-8(2)10(14)5-6-12-11(15)7-13-9(3)4;1-2(3)4/h8-9,13H,5-7H2,1-4H3,(H,12,15);1H3,(H,3,4). The largest absolute Gasteiger partial charge is 0.481 e. The predicted molar refractivity (Wildman–Crippen MR) is 73.9 cm³/mol. The number of Topliss-reactive ketones (excluding diaryl/α,β-unsaturated/α-hetero) is 1. The van der Waals surface area contributed by atoms with Crippen LogP contribution in [0.15, 0.2) is 0 Å². The van der Waals surface area contributed by atoms with Gasteiger partial charge in [0, 0.05) is 31.8 Å². The Kier molecular flexibility index (Phi) is 12.2. The summed E-state index contributed by atoms with van der Waals surface area (Å²) in [4.78, 5) is 31.4. The van der Waals surface area contributed by atoms with Crippen molar-refractivity contribution in [3.8, 4) is 0 Å². The van der Waals surface area contributed by atoms with Crippen LogP contribution < -0.4 is 10.6 Å². The number of carbonyl (C=O) groups excluding carboxylic acids is 2. The minimum Gasteiger partial charge on any atom is -0.481 e. The summed E-state index contributed by atoms with van der Waals surface area (Å²) in [6.45, 7) is 9.53. The molecule has 6 nitrogen and oxygen atoms in total. The van der Waals surface area contributed by atoms with E-state index in [1.165, 1.54) is 0 Å². The second-order valence-electron chi connectivity index (χ2n) is 4.78. The zero-order chi connectivity index (χ0) is 15.4. The Morgan fingerprint density at radius 1 is 1.11 bits per heavy atom. The lowest BCUT2D eigenvalue weighted by Crippen LogP contribution is -2.37. The average molecular weight is 274 g/mol. The molecule has 3 N–H and O–H groups in total. The Hall–Kier alpha value is -1.43. The maximum absolute atomic E-state index is 11.2. The average Bonchev–Trinajstić information content (AvgIpc) is 2.25. The van der Waals surface area contributed by atoms with E-state index in [2.05, 4.69) is 10.6 Å². The van der Waals surface area contributed by atoms with Crippen molar-refractivity contribution >= 4 is 17.7 Å². The molecule has 0 rings (SSSR count).